The predicted molar refractivity (Wildman–Crippen MR) is 37.5 cm³/mol. The summed E-state index contributed by atoms with van der Waals surface area (Å²) in [5.41, 5.74) is 9.75. The first-order valence-corrected chi connectivity index (χ1v) is 2.51. The Morgan fingerprint density at radius 1 is 1.50 bits per heavy atom. The van der Waals surface area contributed by atoms with E-state index in [-0.39, 0.29) is 11.6 Å². The van der Waals surface area contributed by atoms with Crippen LogP contribution in [0.5, 0.6) is 0 Å². The van der Waals surface area contributed by atoms with E-state index in [4.69, 9.17) is 17.3 Å². The van der Waals surface area contributed by atoms with Crippen molar-refractivity contribution in [2.75, 3.05) is 17.3 Å². The quantitative estimate of drug-likeness (QED) is 0.366. The third kappa shape index (κ3) is 0.859. The van der Waals surface area contributed by atoms with Gasteiger partial charge in [-0.3, -0.25) is 0 Å². The van der Waals surface area contributed by atoms with E-state index < -0.39 is 5.69 Å². The van der Waals surface area contributed by atoms with Gasteiger partial charge in [-0.25, -0.2) is 4.79 Å². The summed E-state index contributed by atoms with van der Waals surface area (Å²) in [7, 11) is 0. The van der Waals surface area contributed by atoms with Gasteiger partial charge in [-0.05, 0) is 0 Å². The van der Waals surface area contributed by atoms with Crippen LogP contribution in [0.2, 0.25) is 0 Å². The zero-order valence-electron chi connectivity index (χ0n) is 5.11. The lowest BCUT2D eigenvalue weighted by molar-refractivity contribution is 0.890. The Balaban J connectivity index is 3.46. The van der Waals surface area contributed by atoms with Crippen LogP contribution in [-0.2, 0) is 0 Å². The summed E-state index contributed by atoms with van der Waals surface area (Å²) < 4.78 is 0.719. The Morgan fingerprint density at radius 3 is 2.60 bits per heavy atom. The van der Waals surface area contributed by atoms with Crippen LogP contribution >= 0.6 is 0 Å². The minimum absolute atomic E-state index is 0.0733. The van der Waals surface area contributed by atoms with E-state index in [0.717, 1.165) is 4.68 Å². The lowest BCUT2D eigenvalue weighted by Gasteiger charge is -2.00. The van der Waals surface area contributed by atoms with Gasteiger partial charge in [0, 0.05) is 6.07 Å². The number of aromatic nitrogens is 2. The van der Waals surface area contributed by atoms with Crippen LogP contribution in [-0.4, -0.2) is 9.66 Å². The first-order chi connectivity index (χ1) is 4.61. The second kappa shape index (κ2) is 1.90. The summed E-state index contributed by atoms with van der Waals surface area (Å²) in [5, 5.41) is 0. The van der Waals surface area contributed by atoms with Gasteiger partial charge in [0.2, 0.25) is 0 Å². The standard InChI is InChI=1S/C4H7N5O/c5-2-1-3(6)9(7)4(10)8-2/h1H,6-7H2,(H2,5,8,10). The van der Waals surface area contributed by atoms with Gasteiger partial charge in [-0.2, -0.15) is 9.66 Å². The fourth-order valence-electron chi connectivity index (χ4n) is 0.528. The normalized spacial score (nSPS) is 9.60. The van der Waals surface area contributed by atoms with Crippen molar-refractivity contribution in [1.29, 1.82) is 0 Å². The molecule has 0 spiro atoms. The average molecular weight is 141 g/mol. The fourth-order valence-corrected chi connectivity index (χ4v) is 0.528. The molecule has 0 aliphatic carbocycles. The van der Waals surface area contributed by atoms with Crippen molar-refractivity contribution in [3.05, 3.63) is 16.6 Å². The summed E-state index contributed by atoms with van der Waals surface area (Å²) in [6.07, 6.45) is 0. The van der Waals surface area contributed by atoms with Crippen molar-refractivity contribution in [2.24, 2.45) is 0 Å². The molecule has 0 aromatic carbocycles. The van der Waals surface area contributed by atoms with Gasteiger partial charge in [-0.1, -0.05) is 0 Å². The molecule has 1 aromatic heterocycles. The van der Waals surface area contributed by atoms with Crippen molar-refractivity contribution in [2.45, 2.75) is 0 Å². The van der Waals surface area contributed by atoms with Crippen LogP contribution < -0.4 is 23.0 Å². The topological polar surface area (TPSA) is 113 Å². The SMILES string of the molecule is Nc1cc(N)n(N)c(=O)n1. The molecule has 0 bridgehead atoms. The molecular weight excluding hydrogens is 134 g/mol. The molecule has 0 saturated heterocycles. The lowest BCUT2D eigenvalue weighted by atomic mass is 10.5. The Morgan fingerprint density at radius 2 is 2.10 bits per heavy atom. The van der Waals surface area contributed by atoms with E-state index in [1.54, 1.807) is 0 Å². The Kier molecular flexibility index (Phi) is 1.22. The van der Waals surface area contributed by atoms with Crippen LogP contribution in [0, 0.1) is 0 Å². The summed E-state index contributed by atoms with van der Waals surface area (Å²) in [5.74, 6) is 5.28. The van der Waals surface area contributed by atoms with Gasteiger partial charge >= 0.3 is 5.69 Å². The van der Waals surface area contributed by atoms with Gasteiger partial charge in [0.25, 0.3) is 0 Å². The smallest absolute Gasteiger partial charge is 0.369 e. The molecule has 6 heteroatoms. The second-order valence-electron chi connectivity index (χ2n) is 1.76. The lowest BCUT2D eigenvalue weighted by Crippen LogP contribution is -2.31. The van der Waals surface area contributed by atoms with Crippen molar-refractivity contribution >= 4 is 11.6 Å². The monoisotopic (exact) mass is 141 g/mol. The summed E-state index contributed by atoms with van der Waals surface area (Å²) in [4.78, 5) is 13.9. The summed E-state index contributed by atoms with van der Waals surface area (Å²) in [6, 6.07) is 1.31. The number of anilines is 2. The van der Waals surface area contributed by atoms with E-state index in [1.807, 2.05) is 0 Å². The molecule has 1 heterocycles. The Labute approximate surface area is 56.2 Å². The van der Waals surface area contributed by atoms with Crippen LogP contribution in [0.4, 0.5) is 11.6 Å². The molecule has 0 amide bonds. The van der Waals surface area contributed by atoms with Crippen molar-refractivity contribution in [1.82, 2.24) is 9.66 Å². The molecule has 0 atom stereocenters. The van der Waals surface area contributed by atoms with Gasteiger partial charge in [0.05, 0.1) is 0 Å². The third-order valence-electron chi connectivity index (χ3n) is 1.00. The molecule has 6 nitrogen and oxygen atoms in total. The molecule has 0 aliphatic heterocycles. The highest BCUT2D eigenvalue weighted by Crippen LogP contribution is 1.97. The largest absolute Gasteiger partial charge is 0.383 e. The van der Waals surface area contributed by atoms with E-state index in [9.17, 15) is 4.79 Å². The Bertz CT molecular complexity index is 303. The maximum Gasteiger partial charge on any atom is 0.369 e. The minimum atomic E-state index is -0.655. The van der Waals surface area contributed by atoms with Gasteiger partial charge in [-0.15, -0.1) is 0 Å². The predicted octanol–water partition coefficient (Wildman–Crippen LogP) is -1.88. The number of nitrogens with zero attached hydrogens (tertiary/aromatic N) is 2. The van der Waals surface area contributed by atoms with Gasteiger partial charge < -0.3 is 17.3 Å². The number of hydrogen-bond donors (Lipinski definition) is 3. The highest BCUT2D eigenvalue weighted by atomic mass is 16.1. The minimum Gasteiger partial charge on any atom is -0.383 e. The molecule has 1 aromatic rings. The molecule has 1 rings (SSSR count). The molecular formula is C4H7N5O. The zero-order valence-corrected chi connectivity index (χ0v) is 5.11. The van der Waals surface area contributed by atoms with E-state index in [2.05, 4.69) is 4.98 Å². The Hall–Kier alpha value is -1.72. The van der Waals surface area contributed by atoms with E-state index in [0.29, 0.717) is 0 Å². The van der Waals surface area contributed by atoms with Crippen LogP contribution in [0.15, 0.2) is 10.9 Å². The average Bonchev–Trinajstić information content (AvgIpc) is 1.82. The molecule has 0 radical (unpaired) electrons. The van der Waals surface area contributed by atoms with Crippen LogP contribution in [0.1, 0.15) is 0 Å². The van der Waals surface area contributed by atoms with Gasteiger partial charge in [0.15, 0.2) is 0 Å². The summed E-state index contributed by atoms with van der Waals surface area (Å²) in [6.45, 7) is 0. The molecule has 0 aliphatic rings. The maximum atomic E-state index is 10.6. The molecule has 10 heavy (non-hydrogen) atoms. The van der Waals surface area contributed by atoms with Crippen LogP contribution in [0.3, 0.4) is 0 Å². The second-order valence-corrected chi connectivity index (χ2v) is 1.76. The van der Waals surface area contributed by atoms with Crippen molar-refractivity contribution in [3.8, 4) is 0 Å². The van der Waals surface area contributed by atoms with Crippen molar-refractivity contribution < 1.29 is 0 Å². The first kappa shape index (κ1) is 6.40. The summed E-state index contributed by atoms with van der Waals surface area (Å²) >= 11 is 0. The third-order valence-corrected chi connectivity index (χ3v) is 1.00. The fraction of sp³-hybridized carbons (Fsp3) is 0. The number of rotatable bonds is 0. The molecule has 0 unspecified atom stereocenters. The van der Waals surface area contributed by atoms with Crippen molar-refractivity contribution in [3.63, 3.8) is 0 Å². The maximum absolute atomic E-state index is 10.6. The molecule has 0 fully saturated rings. The van der Waals surface area contributed by atoms with E-state index in [1.165, 1.54) is 6.07 Å². The molecule has 54 valence electrons. The van der Waals surface area contributed by atoms with Gasteiger partial charge in [0.1, 0.15) is 11.6 Å². The highest BCUT2D eigenvalue weighted by Gasteiger charge is 1.97. The van der Waals surface area contributed by atoms with Crippen LogP contribution in [0.25, 0.3) is 0 Å². The molecule has 0 saturated carbocycles. The molecule has 6 N–H and O–H groups in total. The van der Waals surface area contributed by atoms with E-state index >= 15 is 0 Å². The first-order valence-electron chi connectivity index (χ1n) is 2.51. The number of nitrogens with two attached hydrogens (primary N) is 3. The number of nitrogen functional groups attached to an aromatic ring is 3. The zero-order chi connectivity index (χ0) is 7.72. The highest BCUT2D eigenvalue weighted by molar-refractivity contribution is 5.40. The number of hydrogen-bond acceptors (Lipinski definition) is 5.